The number of carbonyl (C=O) groups is 2. The molecule has 0 aliphatic carbocycles. The highest BCUT2D eigenvalue weighted by Gasteiger charge is 2.26. The lowest BCUT2D eigenvalue weighted by atomic mass is 10.2. The molecule has 0 bridgehead atoms. The maximum absolute atomic E-state index is 12.7. The Morgan fingerprint density at radius 2 is 1.74 bits per heavy atom. The van der Waals surface area contributed by atoms with Gasteiger partial charge in [-0.1, -0.05) is 0 Å². The van der Waals surface area contributed by atoms with Gasteiger partial charge in [0, 0.05) is 24.3 Å². The van der Waals surface area contributed by atoms with Crippen LogP contribution in [0.1, 0.15) is 17.3 Å². The molecule has 0 saturated carbocycles. The van der Waals surface area contributed by atoms with Crippen molar-refractivity contribution in [2.75, 3.05) is 44.8 Å². The van der Waals surface area contributed by atoms with E-state index in [-0.39, 0.29) is 29.5 Å². The lowest BCUT2D eigenvalue weighted by Crippen LogP contribution is -2.43. The Morgan fingerprint density at radius 1 is 1.06 bits per heavy atom. The van der Waals surface area contributed by atoms with E-state index in [0.717, 1.165) is 12.1 Å². The van der Waals surface area contributed by atoms with Crippen LogP contribution in [0.15, 0.2) is 47.4 Å². The predicted octanol–water partition coefficient (Wildman–Crippen LogP) is 2.57. The maximum atomic E-state index is 12.7. The smallest absolute Gasteiger partial charge is 0.341 e. The average Bonchev–Trinajstić information content (AvgIpc) is 2.84. The molecule has 3 rings (SSSR count). The third kappa shape index (κ3) is 6.20. The normalized spacial score (nSPS) is 14.1. The summed E-state index contributed by atoms with van der Waals surface area (Å²) in [5, 5.41) is 2.56. The molecule has 34 heavy (non-hydrogen) atoms. The van der Waals surface area contributed by atoms with Crippen molar-refractivity contribution in [2.45, 2.75) is 17.6 Å². The summed E-state index contributed by atoms with van der Waals surface area (Å²) in [6, 6.07) is 8.84. The zero-order valence-electron chi connectivity index (χ0n) is 18.3. The van der Waals surface area contributed by atoms with Gasteiger partial charge in [0.15, 0.2) is 18.1 Å². The number of alkyl halides is 2. The van der Waals surface area contributed by atoms with Crippen LogP contribution in [-0.2, 0) is 19.4 Å². The molecule has 2 aromatic rings. The molecule has 0 atom stereocenters. The van der Waals surface area contributed by atoms with Crippen molar-refractivity contribution in [3.05, 3.63) is 48.0 Å². The van der Waals surface area contributed by atoms with E-state index in [0.29, 0.717) is 38.7 Å². The molecular formula is C22H24F2N2O7S. The van der Waals surface area contributed by atoms with E-state index in [4.69, 9.17) is 14.2 Å². The molecule has 1 aliphatic rings. The third-order valence-electron chi connectivity index (χ3n) is 4.90. The standard InChI is InChI=1S/C22H24F2N2O7S/c1-2-32-19-13-15(3-8-18(19)33-14-20(27)26-9-11-31-12-10-26)21(28)25-16-4-6-17(7-5-16)34(29,30)22(23)24/h3-8,13,22H,2,9-12,14H2,1H3,(H,25,28). The number of hydrogen-bond donors (Lipinski definition) is 1. The number of amides is 2. The fourth-order valence-corrected chi connectivity index (χ4v) is 3.84. The number of nitrogens with zero attached hydrogens (tertiary/aromatic N) is 1. The minimum Gasteiger partial charge on any atom is -0.490 e. The number of carbonyl (C=O) groups excluding carboxylic acids is 2. The summed E-state index contributed by atoms with van der Waals surface area (Å²) in [7, 11) is -4.72. The van der Waals surface area contributed by atoms with Crippen molar-refractivity contribution in [3.63, 3.8) is 0 Å². The Morgan fingerprint density at radius 3 is 2.35 bits per heavy atom. The zero-order valence-corrected chi connectivity index (χ0v) is 19.1. The van der Waals surface area contributed by atoms with Gasteiger partial charge in [0.1, 0.15) is 0 Å². The molecule has 0 spiro atoms. The second-order valence-electron chi connectivity index (χ2n) is 7.16. The molecule has 1 fully saturated rings. The number of nitrogens with one attached hydrogen (secondary N) is 1. The van der Waals surface area contributed by atoms with E-state index >= 15 is 0 Å². The average molecular weight is 499 g/mol. The summed E-state index contributed by atoms with van der Waals surface area (Å²) in [4.78, 5) is 26.0. The molecule has 1 saturated heterocycles. The van der Waals surface area contributed by atoms with Gasteiger partial charge in [-0.2, -0.15) is 8.78 Å². The lowest BCUT2D eigenvalue weighted by Gasteiger charge is -2.26. The summed E-state index contributed by atoms with van der Waals surface area (Å²) < 4.78 is 64.7. The highest BCUT2D eigenvalue weighted by Crippen LogP contribution is 2.29. The minimum absolute atomic E-state index is 0.190. The number of ether oxygens (including phenoxy) is 3. The summed E-state index contributed by atoms with van der Waals surface area (Å²) in [5.74, 6) is -3.70. The molecular weight excluding hydrogens is 474 g/mol. The van der Waals surface area contributed by atoms with Crippen LogP contribution in [-0.4, -0.2) is 70.4 Å². The molecule has 1 heterocycles. The highest BCUT2D eigenvalue weighted by atomic mass is 32.2. The number of sulfone groups is 1. The van der Waals surface area contributed by atoms with Crippen LogP contribution in [0.4, 0.5) is 14.5 Å². The Hall–Kier alpha value is -3.25. The quantitative estimate of drug-likeness (QED) is 0.566. The maximum Gasteiger partial charge on any atom is 0.341 e. The van der Waals surface area contributed by atoms with Crippen molar-refractivity contribution in [1.82, 2.24) is 4.90 Å². The zero-order chi connectivity index (χ0) is 24.7. The first-order valence-corrected chi connectivity index (χ1v) is 12.0. The largest absolute Gasteiger partial charge is 0.490 e. The van der Waals surface area contributed by atoms with Gasteiger partial charge in [-0.15, -0.1) is 0 Å². The van der Waals surface area contributed by atoms with Gasteiger partial charge in [0.25, 0.3) is 11.8 Å². The van der Waals surface area contributed by atoms with Crippen LogP contribution < -0.4 is 14.8 Å². The second kappa shape index (κ2) is 11.3. The van der Waals surface area contributed by atoms with E-state index < -0.39 is 26.4 Å². The van der Waals surface area contributed by atoms with Crippen molar-refractivity contribution in [2.24, 2.45) is 0 Å². The number of halogens is 2. The second-order valence-corrected chi connectivity index (χ2v) is 9.08. The van der Waals surface area contributed by atoms with Gasteiger partial charge >= 0.3 is 5.76 Å². The van der Waals surface area contributed by atoms with Gasteiger partial charge in [-0.3, -0.25) is 9.59 Å². The molecule has 1 N–H and O–H groups in total. The van der Waals surface area contributed by atoms with Crippen molar-refractivity contribution >= 4 is 27.3 Å². The Kier molecular flexibility index (Phi) is 8.40. The van der Waals surface area contributed by atoms with Crippen LogP contribution in [0.25, 0.3) is 0 Å². The Bertz CT molecular complexity index is 1120. The van der Waals surface area contributed by atoms with Gasteiger partial charge in [0.2, 0.25) is 9.84 Å². The first kappa shape index (κ1) is 25.4. The van der Waals surface area contributed by atoms with Crippen molar-refractivity contribution in [1.29, 1.82) is 0 Å². The summed E-state index contributed by atoms with van der Waals surface area (Å²) in [5.41, 5.74) is 0.423. The van der Waals surface area contributed by atoms with Gasteiger partial charge in [-0.05, 0) is 49.4 Å². The summed E-state index contributed by atoms with van der Waals surface area (Å²) in [6.45, 7) is 3.79. The van der Waals surface area contributed by atoms with Gasteiger partial charge in [0.05, 0.1) is 24.7 Å². The topological polar surface area (TPSA) is 111 Å². The van der Waals surface area contributed by atoms with E-state index in [1.807, 2.05) is 0 Å². The van der Waals surface area contributed by atoms with Crippen LogP contribution >= 0.6 is 0 Å². The molecule has 0 radical (unpaired) electrons. The highest BCUT2D eigenvalue weighted by molar-refractivity contribution is 7.91. The number of hydrogen-bond acceptors (Lipinski definition) is 7. The summed E-state index contributed by atoms with van der Waals surface area (Å²) in [6.07, 6.45) is 0. The number of benzene rings is 2. The first-order chi connectivity index (χ1) is 16.2. The monoisotopic (exact) mass is 498 g/mol. The fraction of sp³-hybridized carbons (Fsp3) is 0.364. The van der Waals surface area contributed by atoms with Crippen LogP contribution in [0, 0.1) is 0 Å². The van der Waals surface area contributed by atoms with Crippen LogP contribution in [0.5, 0.6) is 11.5 Å². The summed E-state index contributed by atoms with van der Waals surface area (Å²) >= 11 is 0. The van der Waals surface area contributed by atoms with E-state index in [2.05, 4.69) is 5.32 Å². The SMILES string of the molecule is CCOc1cc(C(=O)Nc2ccc(S(=O)(=O)C(F)F)cc2)ccc1OCC(=O)N1CCOCC1. The first-order valence-electron chi connectivity index (χ1n) is 10.4. The molecule has 0 unspecified atom stereocenters. The number of morpholine rings is 1. The fourth-order valence-electron chi connectivity index (χ4n) is 3.11. The molecule has 1 aliphatic heterocycles. The molecule has 9 nitrogen and oxygen atoms in total. The van der Waals surface area contributed by atoms with Crippen molar-refractivity contribution < 1.29 is 41.0 Å². The lowest BCUT2D eigenvalue weighted by molar-refractivity contribution is -0.137. The molecule has 0 aromatic heterocycles. The minimum atomic E-state index is -4.72. The van der Waals surface area contributed by atoms with Gasteiger partial charge < -0.3 is 24.4 Å². The van der Waals surface area contributed by atoms with E-state index in [9.17, 15) is 26.8 Å². The Balaban J connectivity index is 1.67. The van der Waals surface area contributed by atoms with Crippen molar-refractivity contribution in [3.8, 4) is 11.5 Å². The van der Waals surface area contributed by atoms with Crippen LogP contribution in [0.3, 0.4) is 0 Å². The number of rotatable bonds is 9. The Labute approximate surface area is 195 Å². The van der Waals surface area contributed by atoms with E-state index in [1.54, 1.807) is 11.8 Å². The number of anilines is 1. The molecule has 12 heteroatoms. The van der Waals surface area contributed by atoms with Crippen LogP contribution in [0.2, 0.25) is 0 Å². The predicted molar refractivity (Wildman–Crippen MR) is 118 cm³/mol. The van der Waals surface area contributed by atoms with E-state index in [1.165, 1.54) is 30.3 Å². The molecule has 2 amide bonds. The van der Waals surface area contributed by atoms with Gasteiger partial charge in [-0.25, -0.2) is 8.42 Å². The molecule has 2 aromatic carbocycles. The molecule has 184 valence electrons. The third-order valence-corrected chi connectivity index (χ3v) is 6.29.